The van der Waals surface area contributed by atoms with E-state index in [1.165, 1.54) is 23.5 Å². The molecule has 0 aliphatic carbocycles. The first-order valence-electron chi connectivity index (χ1n) is 23.0. The predicted molar refractivity (Wildman–Crippen MR) is 248 cm³/mol. The van der Waals surface area contributed by atoms with Crippen LogP contribution in [0.25, 0.3) is 10.8 Å². The largest absolute Gasteiger partial charge is 0.444 e. The molecular weight excluding hydrogens is 879 g/mol. The molecule has 0 bridgehead atoms. The summed E-state index contributed by atoms with van der Waals surface area (Å²) in [4.78, 5) is 107. The number of ether oxygens (including phenoxy) is 1. The molecule has 2 aliphatic rings. The molecule has 6 amide bonds. The van der Waals surface area contributed by atoms with Crippen LogP contribution in [0.5, 0.6) is 0 Å². The molecule has 362 valence electrons. The van der Waals surface area contributed by atoms with Crippen LogP contribution in [0.15, 0.2) is 85.3 Å². The first-order valence-corrected chi connectivity index (χ1v) is 23.0. The maximum Gasteiger partial charge on any atom is 0.410 e. The Bertz CT molecular complexity index is 2490. The average Bonchev–Trinajstić information content (AvgIpc) is 3.75. The lowest BCUT2D eigenvalue weighted by molar-refractivity contribution is -0.152. The fourth-order valence-electron chi connectivity index (χ4n) is 8.78. The van der Waals surface area contributed by atoms with Crippen LogP contribution >= 0.6 is 0 Å². The van der Waals surface area contributed by atoms with E-state index in [0.29, 0.717) is 18.5 Å². The van der Waals surface area contributed by atoms with Crippen LogP contribution in [0.2, 0.25) is 0 Å². The fourth-order valence-corrected chi connectivity index (χ4v) is 8.78. The van der Waals surface area contributed by atoms with Gasteiger partial charge in [0.05, 0.1) is 25.2 Å². The van der Waals surface area contributed by atoms with E-state index in [0.717, 1.165) is 26.8 Å². The zero-order chi connectivity index (χ0) is 49.3. The minimum Gasteiger partial charge on any atom is -0.444 e. The van der Waals surface area contributed by atoms with E-state index in [4.69, 9.17) is 4.74 Å². The summed E-state index contributed by atoms with van der Waals surface area (Å²) < 4.78 is 38.2. The average molecular weight is 939 g/mol. The van der Waals surface area contributed by atoms with Gasteiger partial charge in [0.2, 0.25) is 17.7 Å². The normalized spacial score (nSPS) is 18.1. The van der Waals surface area contributed by atoms with Gasteiger partial charge in [-0.15, -0.1) is 0 Å². The number of carbonyl (C=O) groups is 7. The highest BCUT2D eigenvalue weighted by Crippen LogP contribution is 2.32. The molecule has 1 fully saturated rings. The maximum atomic E-state index is 16.2. The third-order valence-corrected chi connectivity index (χ3v) is 12.6. The number of amides is 6. The van der Waals surface area contributed by atoms with Crippen LogP contribution in [0.3, 0.4) is 0 Å². The highest BCUT2D eigenvalue weighted by Gasteiger charge is 2.51. The zero-order valence-electron chi connectivity index (χ0n) is 39.2. The van der Waals surface area contributed by atoms with E-state index in [2.05, 4.69) is 31.2 Å². The number of aldehydes is 1. The lowest BCUT2D eigenvalue weighted by Gasteiger charge is -2.36. The van der Waals surface area contributed by atoms with Crippen LogP contribution in [0.1, 0.15) is 100 Å². The Labute approximate surface area is 394 Å². The van der Waals surface area contributed by atoms with E-state index in [1.54, 1.807) is 53.7 Å². The van der Waals surface area contributed by atoms with Crippen LogP contribution < -0.4 is 21.3 Å². The first kappa shape index (κ1) is 50.6. The van der Waals surface area contributed by atoms with Crippen molar-refractivity contribution in [2.75, 3.05) is 13.1 Å². The molecule has 16 nitrogen and oxygen atoms in total. The van der Waals surface area contributed by atoms with Crippen LogP contribution in [-0.2, 0) is 41.7 Å². The highest BCUT2D eigenvalue weighted by atomic mass is 19.3. The molecule has 0 spiro atoms. The number of fused-ring (bicyclic) bond motifs is 2. The van der Waals surface area contributed by atoms with Crippen molar-refractivity contribution in [1.29, 1.82) is 0 Å². The lowest BCUT2D eigenvalue weighted by Crippen LogP contribution is -2.61. The van der Waals surface area contributed by atoms with E-state index in [1.807, 2.05) is 54.6 Å². The smallest absolute Gasteiger partial charge is 0.410 e. The minimum absolute atomic E-state index is 0.0360. The van der Waals surface area contributed by atoms with E-state index < -0.39 is 95.6 Å². The SMILES string of the molecule is CCC[C@](C=O)(CC(F)(F)C(=O)N[C@@H](C)c1ccc2ccccc2c1)NC(=O)[C@@H]1C[C@@H](OC(=O)N2CCc3ccccc3C2)CN1C(=O)[C@@H](NC(=O)[C@@H](NC(=O)c1cnccn1)C(C)C)C(C)C. The van der Waals surface area contributed by atoms with E-state index in [-0.39, 0.29) is 44.3 Å². The summed E-state index contributed by atoms with van der Waals surface area (Å²) in [6.45, 7) is 10.2. The molecule has 1 saturated heterocycles. The van der Waals surface area contributed by atoms with Gasteiger partial charge < -0.3 is 40.6 Å². The number of alkyl halides is 2. The summed E-state index contributed by atoms with van der Waals surface area (Å²) in [5.74, 6) is -10.0. The number of aromatic nitrogens is 2. The van der Waals surface area contributed by atoms with Crippen molar-refractivity contribution in [1.82, 2.24) is 41.0 Å². The molecular formula is C50H60F2N8O8. The van der Waals surface area contributed by atoms with E-state index >= 15 is 8.78 Å². The standard InChI is InChI=1S/C50H60F2N8O8/c1-7-19-49(29-61,28-50(51,52)47(66)55-32(6)35-17-16-33-12-8-10-14-36(33)23-35)58-44(63)40-24-38(68-48(67)59-22-18-34-13-9-11-15-37(34)26-59)27-60(40)46(65)42(31(4)5)57-45(64)41(30(2)3)56-43(62)39-25-53-20-21-54-39/h8-17,20-21,23,25,29-32,38,40-42H,7,18-19,22,24,26-28H2,1-6H3,(H,55,66)(H,56,62)(H,57,64)(H,58,63)/t32-,38+,40-,41-,42-,49+/m0/s1. The lowest BCUT2D eigenvalue weighted by atomic mass is 9.87. The molecule has 6 rings (SSSR count). The first-order chi connectivity index (χ1) is 32.3. The number of hydrogen-bond donors (Lipinski definition) is 4. The second-order valence-electron chi connectivity index (χ2n) is 18.4. The number of hydrogen-bond acceptors (Lipinski definition) is 10. The van der Waals surface area contributed by atoms with Gasteiger partial charge in [-0.25, -0.2) is 9.78 Å². The van der Waals surface area contributed by atoms with Gasteiger partial charge in [-0.1, -0.05) is 102 Å². The Hall–Kier alpha value is -6.85. The number of benzene rings is 3. The van der Waals surface area contributed by atoms with Crippen LogP contribution in [0.4, 0.5) is 13.6 Å². The zero-order valence-corrected chi connectivity index (χ0v) is 39.2. The van der Waals surface area contributed by atoms with Crippen molar-refractivity contribution in [3.8, 4) is 0 Å². The number of rotatable bonds is 18. The van der Waals surface area contributed by atoms with Crippen molar-refractivity contribution >= 4 is 52.7 Å². The van der Waals surface area contributed by atoms with Crippen molar-refractivity contribution in [3.63, 3.8) is 0 Å². The molecule has 1 aromatic heterocycles. The Morgan fingerprint density at radius 2 is 1.56 bits per heavy atom. The minimum atomic E-state index is -4.16. The molecule has 3 heterocycles. The van der Waals surface area contributed by atoms with Gasteiger partial charge in [0.15, 0.2) is 0 Å². The van der Waals surface area contributed by atoms with Crippen molar-refractivity contribution in [3.05, 3.63) is 108 Å². The molecule has 0 saturated carbocycles. The topological polar surface area (TPSA) is 209 Å². The van der Waals surface area contributed by atoms with Gasteiger partial charge in [0, 0.05) is 31.9 Å². The maximum absolute atomic E-state index is 16.2. The summed E-state index contributed by atoms with van der Waals surface area (Å²) in [7, 11) is 0. The number of nitrogens with zero attached hydrogens (tertiary/aromatic N) is 4. The van der Waals surface area contributed by atoms with Crippen molar-refractivity contribution in [2.24, 2.45) is 11.8 Å². The number of halogens is 2. The van der Waals surface area contributed by atoms with E-state index in [9.17, 15) is 33.6 Å². The molecule has 68 heavy (non-hydrogen) atoms. The van der Waals surface area contributed by atoms with Gasteiger partial charge in [-0.05, 0) is 65.1 Å². The number of carbonyl (C=O) groups excluding carboxylic acids is 7. The summed E-state index contributed by atoms with van der Waals surface area (Å²) >= 11 is 0. The summed E-state index contributed by atoms with van der Waals surface area (Å²) in [5.41, 5.74) is 0.292. The quantitative estimate of drug-likeness (QED) is 0.0929. The molecule has 6 atom stereocenters. The van der Waals surface area contributed by atoms with Crippen LogP contribution in [-0.4, -0.2) is 110 Å². The molecule has 0 radical (unpaired) electrons. The number of nitrogens with one attached hydrogen (secondary N) is 4. The monoisotopic (exact) mass is 938 g/mol. The Morgan fingerprint density at radius 1 is 0.868 bits per heavy atom. The summed E-state index contributed by atoms with van der Waals surface area (Å²) in [6.07, 6.45) is 1.13. The van der Waals surface area contributed by atoms with Gasteiger partial charge in [0.1, 0.15) is 41.7 Å². The molecule has 0 unspecified atom stereocenters. The van der Waals surface area contributed by atoms with Crippen LogP contribution in [0, 0.1) is 11.8 Å². The Kier molecular flexibility index (Phi) is 16.2. The third kappa shape index (κ3) is 12.0. The van der Waals surface area contributed by atoms with Gasteiger partial charge in [-0.3, -0.25) is 29.0 Å². The molecule has 2 aliphatic heterocycles. The van der Waals surface area contributed by atoms with Crippen molar-refractivity contribution in [2.45, 2.75) is 122 Å². The fraction of sp³-hybridized carbons (Fsp3) is 0.460. The van der Waals surface area contributed by atoms with Gasteiger partial charge in [0.25, 0.3) is 11.8 Å². The van der Waals surface area contributed by atoms with Crippen molar-refractivity contribution < 1.29 is 47.1 Å². The second kappa shape index (κ2) is 21.8. The Morgan fingerprint density at radius 3 is 2.22 bits per heavy atom. The predicted octanol–water partition coefficient (Wildman–Crippen LogP) is 5.45. The van der Waals surface area contributed by atoms with Gasteiger partial charge in [-0.2, -0.15) is 8.78 Å². The summed E-state index contributed by atoms with van der Waals surface area (Å²) in [5, 5.41) is 12.0. The third-order valence-electron chi connectivity index (χ3n) is 12.6. The number of likely N-dealkylation sites (tertiary alicyclic amines) is 1. The molecule has 3 aromatic carbocycles. The second-order valence-corrected chi connectivity index (χ2v) is 18.4. The molecule has 18 heteroatoms. The Balaban J connectivity index is 1.23. The van der Waals surface area contributed by atoms with Gasteiger partial charge >= 0.3 is 12.0 Å². The summed E-state index contributed by atoms with van der Waals surface area (Å²) in [6, 6.07) is 15.7. The molecule has 4 N–H and O–H groups in total. The highest BCUT2D eigenvalue weighted by molar-refractivity contribution is 5.98. The molecule has 4 aromatic rings.